The van der Waals surface area contributed by atoms with Crippen LogP contribution >= 0.6 is 0 Å². The molecule has 0 aromatic carbocycles. The zero-order valence-corrected chi connectivity index (χ0v) is 19.1. The van der Waals surface area contributed by atoms with E-state index in [2.05, 4.69) is 10.7 Å². The first kappa shape index (κ1) is 24.9. The smallest absolute Gasteiger partial charge is 0.392 e. The van der Waals surface area contributed by atoms with Gasteiger partial charge in [0.2, 0.25) is 0 Å². The van der Waals surface area contributed by atoms with E-state index in [0.717, 1.165) is 0 Å². The predicted molar refractivity (Wildman–Crippen MR) is 112 cm³/mol. The summed E-state index contributed by atoms with van der Waals surface area (Å²) in [5.74, 6) is -3.95. The van der Waals surface area contributed by atoms with Crippen molar-refractivity contribution in [2.24, 2.45) is 17.8 Å². The quantitative estimate of drug-likeness (QED) is 0.355. The van der Waals surface area contributed by atoms with E-state index < -0.39 is 54.3 Å². The highest BCUT2D eigenvalue weighted by molar-refractivity contribution is 6.18. The summed E-state index contributed by atoms with van der Waals surface area (Å²) in [6, 6.07) is -0.349. The molecule has 1 saturated carbocycles. The second kappa shape index (κ2) is 9.47. The molecule has 0 spiro atoms. The van der Waals surface area contributed by atoms with Crippen molar-refractivity contribution in [2.75, 3.05) is 6.61 Å². The molecule has 0 radical (unpaired) electrons. The summed E-state index contributed by atoms with van der Waals surface area (Å²) in [6.45, 7) is 3.40. The van der Waals surface area contributed by atoms with Crippen molar-refractivity contribution in [3.63, 3.8) is 0 Å². The van der Waals surface area contributed by atoms with E-state index >= 15 is 0 Å². The van der Waals surface area contributed by atoms with Crippen molar-refractivity contribution < 1.29 is 36.3 Å². The summed E-state index contributed by atoms with van der Waals surface area (Å²) >= 11 is 0. The van der Waals surface area contributed by atoms with Crippen LogP contribution in [0.25, 0.3) is 0 Å². The molecule has 11 heteroatoms. The van der Waals surface area contributed by atoms with E-state index in [0.29, 0.717) is 12.0 Å². The Bertz CT molecular complexity index is 890. The first-order chi connectivity index (χ1) is 16.0. The summed E-state index contributed by atoms with van der Waals surface area (Å²) in [4.78, 5) is 26.1. The fraction of sp³-hybridized carbons (Fsp3) is 0.739. The van der Waals surface area contributed by atoms with Gasteiger partial charge in [-0.25, -0.2) is 19.0 Å². The number of esters is 1. The summed E-state index contributed by atoms with van der Waals surface area (Å²) in [7, 11) is 0. The summed E-state index contributed by atoms with van der Waals surface area (Å²) < 4.78 is 73.2. The number of ether oxygens (including phenoxy) is 1. The van der Waals surface area contributed by atoms with Gasteiger partial charge >= 0.3 is 12.1 Å². The molecule has 1 amide bonds. The fourth-order valence-electron chi connectivity index (χ4n) is 5.76. The number of rotatable bonds is 4. The molecule has 0 aromatic heterocycles. The number of allylic oxidation sites excluding steroid dienone is 2. The first-order valence-corrected chi connectivity index (χ1v) is 11.8. The Balaban J connectivity index is 1.68. The van der Waals surface area contributed by atoms with E-state index in [9.17, 15) is 31.5 Å². The van der Waals surface area contributed by atoms with Crippen molar-refractivity contribution in [3.05, 3.63) is 22.9 Å². The van der Waals surface area contributed by atoms with Gasteiger partial charge in [-0.3, -0.25) is 9.80 Å². The molecule has 0 aromatic rings. The maximum absolute atomic E-state index is 14.9. The van der Waals surface area contributed by atoms with Crippen LogP contribution in [-0.2, 0) is 14.3 Å². The first-order valence-electron chi connectivity index (χ1n) is 11.8. The van der Waals surface area contributed by atoms with Crippen molar-refractivity contribution >= 4 is 11.9 Å². The number of carbonyl (C=O) groups excluding carboxylic acids is 2. The third kappa shape index (κ3) is 4.55. The van der Waals surface area contributed by atoms with Gasteiger partial charge in [-0.1, -0.05) is 6.08 Å². The molecular formula is C23H30F5N3O3. The van der Waals surface area contributed by atoms with E-state index in [1.54, 1.807) is 13.8 Å². The minimum atomic E-state index is -4.33. The number of hydrogen-bond acceptors (Lipinski definition) is 5. The minimum absolute atomic E-state index is 0.0178. The van der Waals surface area contributed by atoms with Crippen LogP contribution in [0.5, 0.6) is 0 Å². The zero-order chi connectivity index (χ0) is 24.8. The maximum Gasteiger partial charge on any atom is 0.392 e. The molecule has 7 atom stereocenters. The van der Waals surface area contributed by atoms with Gasteiger partial charge < -0.3 is 10.1 Å². The Labute approximate surface area is 194 Å². The summed E-state index contributed by atoms with van der Waals surface area (Å²) in [6.07, 6.45) is -6.25. The standard InChI is InChI=1S/C23H30F5N3O3/c1-3-34-22(33)18-19(12-4-6-13(7-5-12)23(26,27)28)29-20-17(11(2)30-31(20)21(18)32)15-9-8-14(24)10-16(15)25/h4,11,13-17,20,29-30H,3,5-10H2,1-2H3. The van der Waals surface area contributed by atoms with Crippen molar-refractivity contribution in [1.29, 1.82) is 0 Å². The van der Waals surface area contributed by atoms with Crippen LogP contribution in [0.1, 0.15) is 52.4 Å². The molecule has 190 valence electrons. The average molecular weight is 492 g/mol. The van der Waals surface area contributed by atoms with Crippen LogP contribution in [0, 0.1) is 17.8 Å². The van der Waals surface area contributed by atoms with Gasteiger partial charge in [0.05, 0.1) is 18.2 Å². The van der Waals surface area contributed by atoms with Crippen molar-refractivity contribution in [2.45, 2.75) is 83.1 Å². The van der Waals surface area contributed by atoms with E-state index in [1.165, 1.54) is 11.1 Å². The van der Waals surface area contributed by atoms with Crippen LogP contribution in [0.2, 0.25) is 0 Å². The third-order valence-corrected chi connectivity index (χ3v) is 7.47. The van der Waals surface area contributed by atoms with Gasteiger partial charge in [0, 0.05) is 18.4 Å². The number of halogens is 5. The molecule has 2 heterocycles. The molecule has 0 bridgehead atoms. The van der Waals surface area contributed by atoms with Crippen LogP contribution in [0.15, 0.2) is 22.9 Å². The molecule has 4 aliphatic rings. The second-order valence-electron chi connectivity index (χ2n) is 9.56. The SMILES string of the molecule is CCOC(=O)C1=C(C2=CCC(C(F)(F)F)CC2)NC2C(C3CCC(F)CC3F)C(C)NN2C1=O. The third-order valence-electron chi connectivity index (χ3n) is 7.47. The highest BCUT2D eigenvalue weighted by Gasteiger charge is 2.53. The molecule has 4 rings (SSSR count). The number of hydrazine groups is 1. The molecule has 2 N–H and O–H groups in total. The molecular weight excluding hydrogens is 461 g/mol. The van der Waals surface area contributed by atoms with Gasteiger partial charge in [0.1, 0.15) is 24.1 Å². The van der Waals surface area contributed by atoms with Crippen molar-refractivity contribution in [3.8, 4) is 0 Å². The Hall–Kier alpha value is -2.17. The number of amides is 1. The lowest BCUT2D eigenvalue weighted by Gasteiger charge is -2.40. The number of alkyl halides is 5. The van der Waals surface area contributed by atoms with Gasteiger partial charge in [0.25, 0.3) is 5.91 Å². The Morgan fingerprint density at radius 1 is 1.24 bits per heavy atom. The van der Waals surface area contributed by atoms with E-state index in [1.807, 2.05) is 0 Å². The minimum Gasteiger partial charge on any atom is -0.462 e. The van der Waals surface area contributed by atoms with Crippen LogP contribution in [0.3, 0.4) is 0 Å². The Morgan fingerprint density at radius 3 is 2.56 bits per heavy atom. The predicted octanol–water partition coefficient (Wildman–Crippen LogP) is 3.85. The fourth-order valence-corrected chi connectivity index (χ4v) is 5.76. The van der Waals surface area contributed by atoms with E-state index in [-0.39, 0.29) is 56.0 Å². The van der Waals surface area contributed by atoms with Gasteiger partial charge in [-0.15, -0.1) is 0 Å². The summed E-state index contributed by atoms with van der Waals surface area (Å²) in [5.41, 5.74) is 3.33. The molecule has 6 nitrogen and oxygen atoms in total. The molecule has 34 heavy (non-hydrogen) atoms. The van der Waals surface area contributed by atoms with E-state index in [4.69, 9.17) is 4.74 Å². The largest absolute Gasteiger partial charge is 0.462 e. The average Bonchev–Trinajstić information content (AvgIpc) is 3.09. The van der Waals surface area contributed by atoms with Crippen LogP contribution in [-0.4, -0.2) is 54.2 Å². The van der Waals surface area contributed by atoms with Crippen molar-refractivity contribution in [1.82, 2.24) is 15.8 Å². The molecule has 2 aliphatic carbocycles. The number of carbonyl (C=O) groups is 2. The monoisotopic (exact) mass is 491 g/mol. The highest BCUT2D eigenvalue weighted by atomic mass is 19.4. The maximum atomic E-state index is 14.9. The highest BCUT2D eigenvalue weighted by Crippen LogP contribution is 2.43. The number of nitrogens with zero attached hydrogens (tertiary/aromatic N) is 1. The second-order valence-corrected chi connectivity index (χ2v) is 9.56. The Morgan fingerprint density at radius 2 is 1.97 bits per heavy atom. The topological polar surface area (TPSA) is 70.7 Å². The molecule has 7 unspecified atom stereocenters. The zero-order valence-electron chi connectivity index (χ0n) is 19.1. The molecule has 2 aliphatic heterocycles. The lowest BCUT2D eigenvalue weighted by Crippen LogP contribution is -2.57. The lowest BCUT2D eigenvalue weighted by atomic mass is 9.74. The van der Waals surface area contributed by atoms with Crippen LogP contribution < -0.4 is 10.7 Å². The normalized spacial score (nSPS) is 36.7. The van der Waals surface area contributed by atoms with Gasteiger partial charge in [-0.2, -0.15) is 13.2 Å². The van der Waals surface area contributed by atoms with Gasteiger partial charge in [0.15, 0.2) is 0 Å². The number of fused-ring (bicyclic) bond motifs is 1. The molecule has 2 fully saturated rings. The molecule has 1 saturated heterocycles. The Kier molecular flexibility index (Phi) is 6.94. The lowest BCUT2D eigenvalue weighted by molar-refractivity contribution is -0.176. The van der Waals surface area contributed by atoms with Crippen LogP contribution in [0.4, 0.5) is 22.0 Å². The summed E-state index contributed by atoms with van der Waals surface area (Å²) in [5, 5.41) is 4.43. The van der Waals surface area contributed by atoms with Gasteiger partial charge in [-0.05, 0) is 57.4 Å². The number of hydrogen-bond donors (Lipinski definition) is 2. The number of nitrogens with one attached hydrogen (secondary N) is 2.